The number of halogens is 3. The molecule has 0 radical (unpaired) electrons. The van der Waals surface area contributed by atoms with Crippen LogP contribution in [0.3, 0.4) is 0 Å². The van der Waals surface area contributed by atoms with E-state index in [1.165, 1.54) is 0 Å². The van der Waals surface area contributed by atoms with Gasteiger partial charge in [0.25, 0.3) is 0 Å². The molecule has 0 unspecified atom stereocenters. The SMILES string of the molecule is CCN(Cc1ccc(-c2cc(C(F)(F)F)[nH]n2)cc1)C(=O)C(C)C. The van der Waals surface area contributed by atoms with Crippen LogP contribution in [0.1, 0.15) is 32.0 Å². The number of nitrogens with one attached hydrogen (secondary N) is 1. The van der Waals surface area contributed by atoms with Gasteiger partial charge in [0, 0.05) is 24.6 Å². The number of carbonyl (C=O) groups excluding carboxylic acids is 1. The fraction of sp³-hybridized carbons (Fsp3) is 0.412. The largest absolute Gasteiger partial charge is 0.432 e. The van der Waals surface area contributed by atoms with Crippen LogP contribution < -0.4 is 0 Å². The van der Waals surface area contributed by atoms with Gasteiger partial charge in [-0.2, -0.15) is 18.3 Å². The summed E-state index contributed by atoms with van der Waals surface area (Å²) in [6.45, 7) is 6.69. The normalized spacial score (nSPS) is 11.8. The minimum absolute atomic E-state index is 0.0729. The zero-order valence-corrected chi connectivity index (χ0v) is 13.8. The summed E-state index contributed by atoms with van der Waals surface area (Å²) in [5.41, 5.74) is 0.866. The fourth-order valence-electron chi connectivity index (χ4n) is 2.33. The lowest BCUT2D eigenvalue weighted by Gasteiger charge is -2.23. The Labute approximate surface area is 138 Å². The number of H-pyrrole nitrogens is 1. The third kappa shape index (κ3) is 4.15. The van der Waals surface area contributed by atoms with Crippen LogP contribution in [-0.2, 0) is 17.5 Å². The molecule has 0 atom stereocenters. The molecule has 2 rings (SSSR count). The predicted octanol–water partition coefficient (Wildman–Crippen LogP) is 4.10. The van der Waals surface area contributed by atoms with Crippen molar-refractivity contribution < 1.29 is 18.0 Å². The molecular formula is C17H20F3N3O. The molecule has 1 aromatic heterocycles. The van der Waals surface area contributed by atoms with Crippen LogP contribution in [0.2, 0.25) is 0 Å². The quantitative estimate of drug-likeness (QED) is 0.891. The van der Waals surface area contributed by atoms with Gasteiger partial charge in [-0.3, -0.25) is 9.89 Å². The highest BCUT2D eigenvalue weighted by molar-refractivity contribution is 5.78. The van der Waals surface area contributed by atoms with Crippen molar-refractivity contribution in [3.63, 3.8) is 0 Å². The van der Waals surface area contributed by atoms with E-state index < -0.39 is 11.9 Å². The fourth-order valence-corrected chi connectivity index (χ4v) is 2.33. The molecular weight excluding hydrogens is 319 g/mol. The van der Waals surface area contributed by atoms with Gasteiger partial charge in [-0.15, -0.1) is 0 Å². The zero-order valence-electron chi connectivity index (χ0n) is 13.8. The highest BCUT2D eigenvalue weighted by atomic mass is 19.4. The van der Waals surface area contributed by atoms with E-state index in [0.29, 0.717) is 18.7 Å². The first-order valence-corrected chi connectivity index (χ1v) is 7.73. The molecule has 4 nitrogen and oxygen atoms in total. The van der Waals surface area contributed by atoms with Crippen molar-refractivity contribution in [1.29, 1.82) is 0 Å². The van der Waals surface area contributed by atoms with Gasteiger partial charge in [-0.25, -0.2) is 0 Å². The molecule has 0 aliphatic rings. The van der Waals surface area contributed by atoms with E-state index in [2.05, 4.69) is 5.10 Å². The lowest BCUT2D eigenvalue weighted by atomic mass is 10.1. The van der Waals surface area contributed by atoms with E-state index in [0.717, 1.165) is 11.6 Å². The van der Waals surface area contributed by atoms with Crippen molar-refractivity contribution in [2.24, 2.45) is 5.92 Å². The zero-order chi connectivity index (χ0) is 17.9. The topological polar surface area (TPSA) is 49.0 Å². The molecule has 0 bridgehead atoms. The van der Waals surface area contributed by atoms with Crippen molar-refractivity contribution in [2.45, 2.75) is 33.5 Å². The van der Waals surface area contributed by atoms with Gasteiger partial charge in [0.2, 0.25) is 5.91 Å². The number of amides is 1. The van der Waals surface area contributed by atoms with Crippen LogP contribution >= 0.6 is 0 Å². The highest BCUT2D eigenvalue weighted by Crippen LogP contribution is 2.30. The van der Waals surface area contributed by atoms with Crippen LogP contribution in [0.4, 0.5) is 13.2 Å². The van der Waals surface area contributed by atoms with Crippen LogP contribution in [0, 0.1) is 5.92 Å². The molecule has 0 spiro atoms. The summed E-state index contributed by atoms with van der Waals surface area (Å²) < 4.78 is 37.8. The Morgan fingerprint density at radius 1 is 1.25 bits per heavy atom. The van der Waals surface area contributed by atoms with Crippen LogP contribution in [-0.4, -0.2) is 27.5 Å². The molecule has 0 saturated heterocycles. The molecule has 0 fully saturated rings. The molecule has 7 heteroatoms. The summed E-state index contributed by atoms with van der Waals surface area (Å²) in [5.74, 6) is -0.00207. The minimum atomic E-state index is -4.44. The molecule has 0 aliphatic heterocycles. The first-order chi connectivity index (χ1) is 11.2. The minimum Gasteiger partial charge on any atom is -0.338 e. The molecule has 130 valence electrons. The second kappa shape index (κ2) is 7.07. The van der Waals surface area contributed by atoms with Crippen molar-refractivity contribution in [3.8, 4) is 11.3 Å². The smallest absolute Gasteiger partial charge is 0.338 e. The van der Waals surface area contributed by atoms with Crippen molar-refractivity contribution in [2.75, 3.05) is 6.54 Å². The van der Waals surface area contributed by atoms with Gasteiger partial charge in [0.05, 0.1) is 5.69 Å². The number of aromatic amines is 1. The van der Waals surface area contributed by atoms with Crippen LogP contribution in [0.15, 0.2) is 30.3 Å². The van der Waals surface area contributed by atoms with E-state index in [4.69, 9.17) is 0 Å². The second-order valence-corrected chi connectivity index (χ2v) is 5.87. The summed E-state index contributed by atoms with van der Waals surface area (Å²) in [5, 5.41) is 5.70. The maximum absolute atomic E-state index is 12.6. The van der Waals surface area contributed by atoms with Crippen LogP contribution in [0.25, 0.3) is 11.3 Å². The Morgan fingerprint density at radius 3 is 2.33 bits per heavy atom. The number of hydrogen-bond acceptors (Lipinski definition) is 2. The molecule has 1 amide bonds. The molecule has 2 aromatic rings. The first kappa shape index (κ1) is 18.0. The second-order valence-electron chi connectivity index (χ2n) is 5.87. The number of benzene rings is 1. The standard InChI is InChI=1S/C17H20F3N3O/c1-4-23(16(24)11(2)3)10-12-5-7-13(8-6-12)14-9-15(22-21-14)17(18,19)20/h5-9,11H,4,10H2,1-3H3,(H,21,22). The maximum Gasteiger partial charge on any atom is 0.432 e. The van der Waals surface area contributed by atoms with Gasteiger partial charge in [-0.05, 0) is 18.6 Å². The average molecular weight is 339 g/mol. The Morgan fingerprint density at radius 2 is 1.88 bits per heavy atom. The molecule has 0 saturated carbocycles. The van der Waals surface area contributed by atoms with Crippen LogP contribution in [0.5, 0.6) is 0 Å². The van der Waals surface area contributed by atoms with E-state index in [9.17, 15) is 18.0 Å². The Kier molecular flexibility index (Phi) is 5.31. The predicted molar refractivity (Wildman–Crippen MR) is 85.0 cm³/mol. The first-order valence-electron chi connectivity index (χ1n) is 7.73. The number of carbonyl (C=O) groups is 1. The number of aromatic nitrogens is 2. The summed E-state index contributed by atoms with van der Waals surface area (Å²) in [4.78, 5) is 13.8. The van der Waals surface area contributed by atoms with Gasteiger partial charge < -0.3 is 4.90 Å². The van der Waals surface area contributed by atoms with Gasteiger partial charge in [0.1, 0.15) is 5.69 Å². The molecule has 1 heterocycles. The van der Waals surface area contributed by atoms with Gasteiger partial charge in [-0.1, -0.05) is 38.1 Å². The number of hydrogen-bond donors (Lipinski definition) is 1. The van der Waals surface area contributed by atoms with Crippen molar-refractivity contribution >= 4 is 5.91 Å². The summed E-state index contributed by atoms with van der Waals surface area (Å²) in [6.07, 6.45) is -4.44. The van der Waals surface area contributed by atoms with E-state index in [1.54, 1.807) is 29.2 Å². The van der Waals surface area contributed by atoms with Gasteiger partial charge in [0.15, 0.2) is 0 Å². The molecule has 0 aliphatic carbocycles. The lowest BCUT2D eigenvalue weighted by molar-refractivity contribution is -0.141. The summed E-state index contributed by atoms with van der Waals surface area (Å²) in [7, 11) is 0. The van der Waals surface area contributed by atoms with E-state index in [1.807, 2.05) is 25.9 Å². The van der Waals surface area contributed by atoms with Crippen molar-refractivity contribution in [3.05, 3.63) is 41.6 Å². The summed E-state index contributed by atoms with van der Waals surface area (Å²) in [6, 6.07) is 8.00. The lowest BCUT2D eigenvalue weighted by Crippen LogP contribution is -2.33. The van der Waals surface area contributed by atoms with E-state index >= 15 is 0 Å². The Balaban J connectivity index is 2.13. The highest BCUT2D eigenvalue weighted by Gasteiger charge is 2.33. The monoisotopic (exact) mass is 339 g/mol. The molecule has 24 heavy (non-hydrogen) atoms. The van der Waals surface area contributed by atoms with Gasteiger partial charge >= 0.3 is 6.18 Å². The Bertz CT molecular complexity index is 690. The third-order valence-electron chi connectivity index (χ3n) is 3.69. The van der Waals surface area contributed by atoms with E-state index in [-0.39, 0.29) is 17.5 Å². The summed E-state index contributed by atoms with van der Waals surface area (Å²) >= 11 is 0. The number of rotatable bonds is 5. The molecule has 1 N–H and O–H groups in total. The van der Waals surface area contributed by atoms with Crippen molar-refractivity contribution in [1.82, 2.24) is 15.1 Å². The third-order valence-corrected chi connectivity index (χ3v) is 3.69. The molecule has 1 aromatic carbocycles. The number of nitrogens with zero attached hydrogens (tertiary/aromatic N) is 2. The maximum atomic E-state index is 12.6. The average Bonchev–Trinajstić information content (AvgIpc) is 3.02. The number of alkyl halides is 3. The Hall–Kier alpha value is -2.31.